The number of anilines is 1. The van der Waals surface area contributed by atoms with E-state index in [0.717, 1.165) is 41.4 Å². The molecule has 5 nitrogen and oxygen atoms in total. The summed E-state index contributed by atoms with van der Waals surface area (Å²) in [5.74, 6) is 3.07. The van der Waals surface area contributed by atoms with Crippen LogP contribution in [0.2, 0.25) is 0 Å². The number of hydrogen-bond acceptors (Lipinski definition) is 5. The van der Waals surface area contributed by atoms with Crippen molar-refractivity contribution in [2.45, 2.75) is 6.10 Å². The fraction of sp³-hybridized carbons (Fsp3) is 0.571. The predicted octanol–water partition coefficient (Wildman–Crippen LogP) is 1.62. The Morgan fingerprint density at radius 3 is 2.86 bits per heavy atom. The van der Waals surface area contributed by atoms with Gasteiger partial charge in [0.1, 0.15) is 5.82 Å². The molecule has 2 aliphatic rings. The highest BCUT2D eigenvalue weighted by atomic mass is 79.9. The number of carbonyl (C=O) groups excluding carboxylic acids is 1. The number of nitrogens with zero attached hydrogens (tertiary/aromatic N) is 3. The maximum atomic E-state index is 12.5. The van der Waals surface area contributed by atoms with E-state index >= 15 is 0 Å². The van der Waals surface area contributed by atoms with Crippen LogP contribution in [0.5, 0.6) is 0 Å². The molecule has 0 aliphatic carbocycles. The van der Waals surface area contributed by atoms with Crippen molar-refractivity contribution in [1.29, 1.82) is 0 Å². The van der Waals surface area contributed by atoms with E-state index in [1.165, 1.54) is 0 Å². The van der Waals surface area contributed by atoms with E-state index in [9.17, 15) is 4.79 Å². The van der Waals surface area contributed by atoms with Crippen molar-refractivity contribution in [3.63, 3.8) is 0 Å². The first kappa shape index (κ1) is 15.1. The third-order valence-electron chi connectivity index (χ3n) is 3.70. The summed E-state index contributed by atoms with van der Waals surface area (Å²) in [7, 11) is 0. The van der Waals surface area contributed by atoms with Crippen LogP contribution >= 0.6 is 27.7 Å². The van der Waals surface area contributed by atoms with Gasteiger partial charge in [0, 0.05) is 41.8 Å². The van der Waals surface area contributed by atoms with Gasteiger partial charge in [-0.15, -0.1) is 0 Å². The van der Waals surface area contributed by atoms with E-state index in [1.807, 2.05) is 28.8 Å². The van der Waals surface area contributed by atoms with Gasteiger partial charge in [-0.25, -0.2) is 4.98 Å². The molecular weight excluding hydrogens is 354 g/mol. The molecular formula is C14H18BrN3O2S. The summed E-state index contributed by atoms with van der Waals surface area (Å²) in [5.41, 5.74) is 0. The number of thioether (sulfide) groups is 1. The third-order valence-corrected chi connectivity index (χ3v) is 5.11. The molecule has 0 aromatic carbocycles. The highest BCUT2D eigenvalue weighted by Gasteiger charge is 2.31. The molecule has 1 aromatic rings. The number of morpholine rings is 1. The van der Waals surface area contributed by atoms with Crippen molar-refractivity contribution >= 4 is 39.4 Å². The summed E-state index contributed by atoms with van der Waals surface area (Å²) in [6, 6.07) is 3.94. The fourth-order valence-corrected chi connectivity index (χ4v) is 3.69. The third kappa shape index (κ3) is 3.70. The van der Waals surface area contributed by atoms with Crippen molar-refractivity contribution < 1.29 is 9.53 Å². The maximum Gasteiger partial charge on any atom is 0.253 e. The number of pyridine rings is 1. The van der Waals surface area contributed by atoms with Crippen molar-refractivity contribution in [3.05, 3.63) is 22.8 Å². The normalized spacial score (nSPS) is 23.2. The fourth-order valence-electron chi connectivity index (χ4n) is 2.55. The predicted molar refractivity (Wildman–Crippen MR) is 87.8 cm³/mol. The number of halogens is 1. The molecule has 0 bridgehead atoms. The number of rotatable bonds is 2. The van der Waals surface area contributed by atoms with Crippen LogP contribution in [-0.4, -0.2) is 66.2 Å². The standard InChI is InChI=1S/C14H18BrN3O2S/c15-11-1-2-13(16-9-11)18-3-6-20-12(10-18)14(19)17-4-7-21-8-5-17/h1-2,9,12H,3-8,10H2. The van der Waals surface area contributed by atoms with Gasteiger partial charge in [0.25, 0.3) is 5.91 Å². The minimum atomic E-state index is -0.368. The van der Waals surface area contributed by atoms with Gasteiger partial charge in [0.2, 0.25) is 0 Å². The van der Waals surface area contributed by atoms with Crippen LogP contribution in [0.15, 0.2) is 22.8 Å². The van der Waals surface area contributed by atoms with Crippen molar-refractivity contribution in [1.82, 2.24) is 9.88 Å². The number of aromatic nitrogens is 1. The lowest BCUT2D eigenvalue weighted by atomic mass is 10.2. The Morgan fingerprint density at radius 2 is 2.14 bits per heavy atom. The molecule has 0 saturated carbocycles. The van der Waals surface area contributed by atoms with Crippen LogP contribution in [-0.2, 0) is 9.53 Å². The van der Waals surface area contributed by atoms with Gasteiger partial charge < -0.3 is 14.5 Å². The van der Waals surface area contributed by atoms with Gasteiger partial charge in [0.05, 0.1) is 13.2 Å². The summed E-state index contributed by atoms with van der Waals surface area (Å²) >= 11 is 5.29. The molecule has 1 amide bonds. The Kier molecular flexibility index (Phi) is 5.03. The molecule has 114 valence electrons. The zero-order chi connectivity index (χ0) is 14.7. The number of hydrogen-bond donors (Lipinski definition) is 0. The number of carbonyl (C=O) groups is 1. The molecule has 1 unspecified atom stereocenters. The molecule has 0 radical (unpaired) electrons. The summed E-state index contributed by atoms with van der Waals surface area (Å²) in [4.78, 5) is 21.0. The van der Waals surface area contributed by atoms with E-state index in [1.54, 1.807) is 6.20 Å². The highest BCUT2D eigenvalue weighted by molar-refractivity contribution is 9.10. The van der Waals surface area contributed by atoms with E-state index in [4.69, 9.17) is 4.74 Å². The lowest BCUT2D eigenvalue weighted by molar-refractivity contribution is -0.144. The largest absolute Gasteiger partial charge is 0.365 e. The van der Waals surface area contributed by atoms with E-state index in [0.29, 0.717) is 13.2 Å². The molecule has 1 atom stereocenters. The molecule has 0 N–H and O–H groups in total. The van der Waals surface area contributed by atoms with E-state index in [2.05, 4.69) is 25.8 Å². The molecule has 2 saturated heterocycles. The first-order chi connectivity index (χ1) is 10.2. The van der Waals surface area contributed by atoms with Crippen LogP contribution in [0.25, 0.3) is 0 Å². The summed E-state index contributed by atoms with van der Waals surface area (Å²) in [6.45, 7) is 3.59. The van der Waals surface area contributed by atoms with Gasteiger partial charge in [-0.05, 0) is 28.1 Å². The smallest absolute Gasteiger partial charge is 0.253 e. The first-order valence-electron chi connectivity index (χ1n) is 7.09. The quantitative estimate of drug-likeness (QED) is 0.790. The van der Waals surface area contributed by atoms with Gasteiger partial charge in [-0.2, -0.15) is 11.8 Å². The Bertz CT molecular complexity index is 493. The summed E-state index contributed by atoms with van der Waals surface area (Å²) in [5, 5.41) is 0. The second-order valence-corrected chi connectivity index (χ2v) is 7.22. The van der Waals surface area contributed by atoms with Crippen molar-refractivity contribution in [2.75, 3.05) is 49.2 Å². The molecule has 3 rings (SSSR count). The van der Waals surface area contributed by atoms with Gasteiger partial charge in [-0.1, -0.05) is 0 Å². The van der Waals surface area contributed by atoms with Crippen molar-refractivity contribution in [2.24, 2.45) is 0 Å². The van der Waals surface area contributed by atoms with Crippen LogP contribution < -0.4 is 4.90 Å². The van der Waals surface area contributed by atoms with Gasteiger partial charge >= 0.3 is 0 Å². The topological polar surface area (TPSA) is 45.7 Å². The first-order valence-corrected chi connectivity index (χ1v) is 9.03. The molecule has 1 aromatic heterocycles. The summed E-state index contributed by atoms with van der Waals surface area (Å²) < 4.78 is 6.65. The second kappa shape index (κ2) is 6.98. The van der Waals surface area contributed by atoms with Crippen LogP contribution in [0.3, 0.4) is 0 Å². The monoisotopic (exact) mass is 371 g/mol. The lowest BCUT2D eigenvalue weighted by Crippen LogP contribution is -2.52. The SMILES string of the molecule is O=C(C1CN(c2ccc(Br)cn2)CCO1)N1CCSCC1. The molecule has 7 heteroatoms. The Balaban J connectivity index is 1.64. The number of ether oxygens (including phenoxy) is 1. The van der Waals surface area contributed by atoms with Crippen LogP contribution in [0.1, 0.15) is 0 Å². The Hall–Kier alpha value is -0.790. The minimum Gasteiger partial charge on any atom is -0.365 e. The van der Waals surface area contributed by atoms with Crippen LogP contribution in [0, 0.1) is 0 Å². The summed E-state index contributed by atoms with van der Waals surface area (Å²) in [6.07, 6.45) is 1.41. The van der Waals surface area contributed by atoms with E-state index in [-0.39, 0.29) is 12.0 Å². The molecule has 21 heavy (non-hydrogen) atoms. The van der Waals surface area contributed by atoms with Crippen molar-refractivity contribution in [3.8, 4) is 0 Å². The Morgan fingerprint density at radius 1 is 1.33 bits per heavy atom. The zero-order valence-corrected chi connectivity index (χ0v) is 14.1. The Labute approximate surface area is 137 Å². The molecule has 0 spiro atoms. The molecule has 2 aliphatic heterocycles. The van der Waals surface area contributed by atoms with Crippen LogP contribution in [0.4, 0.5) is 5.82 Å². The van der Waals surface area contributed by atoms with Gasteiger partial charge in [-0.3, -0.25) is 4.79 Å². The second-order valence-electron chi connectivity index (χ2n) is 5.08. The lowest BCUT2D eigenvalue weighted by Gasteiger charge is -2.36. The molecule has 2 fully saturated rings. The van der Waals surface area contributed by atoms with E-state index < -0.39 is 0 Å². The minimum absolute atomic E-state index is 0.122. The highest BCUT2D eigenvalue weighted by Crippen LogP contribution is 2.19. The zero-order valence-electron chi connectivity index (χ0n) is 11.7. The average Bonchev–Trinajstić information content (AvgIpc) is 2.56. The maximum absolute atomic E-state index is 12.5. The van der Waals surface area contributed by atoms with Gasteiger partial charge in [0.15, 0.2) is 6.10 Å². The number of amides is 1. The molecule has 3 heterocycles. The average molecular weight is 372 g/mol.